The van der Waals surface area contributed by atoms with Crippen molar-refractivity contribution in [3.63, 3.8) is 0 Å². The molecule has 0 unspecified atom stereocenters. The number of nitrogens with zero attached hydrogens (tertiary/aromatic N) is 3. The quantitative estimate of drug-likeness (QED) is 0.936. The van der Waals surface area contributed by atoms with Crippen LogP contribution in [0.5, 0.6) is 0 Å². The molecule has 0 saturated carbocycles. The lowest BCUT2D eigenvalue weighted by molar-refractivity contribution is 0.0151. The molecule has 1 N–H and O–H groups in total. The smallest absolute Gasteiger partial charge is 0.240 e. The molecular formula is C16H21N3O2. The van der Waals surface area contributed by atoms with E-state index in [4.69, 9.17) is 4.52 Å². The first-order chi connectivity index (χ1) is 10.2. The van der Waals surface area contributed by atoms with Crippen LogP contribution >= 0.6 is 0 Å². The molecule has 1 aromatic heterocycles. The number of benzene rings is 1. The van der Waals surface area contributed by atoms with Gasteiger partial charge >= 0.3 is 0 Å². The van der Waals surface area contributed by atoms with Crippen molar-refractivity contribution >= 4 is 0 Å². The summed E-state index contributed by atoms with van der Waals surface area (Å²) in [4.78, 5) is 6.53. The predicted molar refractivity (Wildman–Crippen MR) is 78.5 cm³/mol. The highest BCUT2D eigenvalue weighted by molar-refractivity contribution is 5.19. The number of hydrogen-bond acceptors (Lipinski definition) is 5. The number of aliphatic hydroxyl groups is 1. The minimum absolute atomic E-state index is 0.105. The Balaban J connectivity index is 1.75. The van der Waals surface area contributed by atoms with Crippen molar-refractivity contribution in [1.82, 2.24) is 15.0 Å². The van der Waals surface area contributed by atoms with Crippen LogP contribution in [0.25, 0.3) is 0 Å². The molecule has 112 valence electrons. The Morgan fingerprint density at radius 3 is 2.86 bits per heavy atom. The Kier molecular flexibility index (Phi) is 4.31. The zero-order chi connectivity index (χ0) is 14.7. The second-order valence-electron chi connectivity index (χ2n) is 5.62. The zero-order valence-electron chi connectivity index (χ0n) is 12.3. The minimum Gasteiger partial charge on any atom is -0.387 e. The molecule has 1 aliphatic heterocycles. The first-order valence-electron chi connectivity index (χ1n) is 7.50. The van der Waals surface area contributed by atoms with Gasteiger partial charge in [-0.3, -0.25) is 4.90 Å². The van der Waals surface area contributed by atoms with Gasteiger partial charge in [-0.25, -0.2) is 0 Å². The number of likely N-dealkylation sites (tertiary alicyclic amines) is 1. The molecule has 5 nitrogen and oxygen atoms in total. The first-order valence-corrected chi connectivity index (χ1v) is 7.50. The van der Waals surface area contributed by atoms with Crippen LogP contribution in [-0.2, 0) is 6.54 Å². The van der Waals surface area contributed by atoms with Crippen LogP contribution < -0.4 is 0 Å². The largest absolute Gasteiger partial charge is 0.387 e. The van der Waals surface area contributed by atoms with Crippen molar-refractivity contribution in [3.8, 4) is 0 Å². The van der Waals surface area contributed by atoms with Gasteiger partial charge in [0.1, 0.15) is 0 Å². The van der Waals surface area contributed by atoms with E-state index in [0.29, 0.717) is 18.3 Å². The van der Waals surface area contributed by atoms with Crippen LogP contribution in [0, 0.1) is 6.92 Å². The van der Waals surface area contributed by atoms with Gasteiger partial charge in [0.05, 0.1) is 12.6 Å². The average molecular weight is 287 g/mol. The molecule has 1 fully saturated rings. The summed E-state index contributed by atoms with van der Waals surface area (Å²) in [5, 5.41) is 14.5. The van der Waals surface area contributed by atoms with Gasteiger partial charge in [-0.1, -0.05) is 41.9 Å². The van der Waals surface area contributed by atoms with Crippen LogP contribution in [-0.4, -0.2) is 32.7 Å². The maximum absolute atomic E-state index is 10.7. The summed E-state index contributed by atoms with van der Waals surface area (Å²) in [5.41, 5.74) is 0.969. The SMILES string of the molecule is Cc1noc(CN2CCCC[C@H]2[C@@H](O)c2ccccc2)n1. The van der Waals surface area contributed by atoms with Gasteiger partial charge in [0.25, 0.3) is 0 Å². The summed E-state index contributed by atoms with van der Waals surface area (Å²) in [6.07, 6.45) is 2.80. The standard InChI is InChI=1S/C16H21N3O2/c1-12-17-15(21-18-12)11-19-10-6-5-9-14(19)16(20)13-7-3-2-4-8-13/h2-4,7-8,14,16,20H,5-6,9-11H2,1H3/t14-,16-/m0/s1. The molecule has 2 atom stereocenters. The molecule has 21 heavy (non-hydrogen) atoms. The van der Waals surface area contributed by atoms with E-state index in [1.165, 1.54) is 0 Å². The highest BCUT2D eigenvalue weighted by atomic mass is 16.5. The van der Waals surface area contributed by atoms with Gasteiger partial charge in [-0.2, -0.15) is 4.98 Å². The maximum atomic E-state index is 10.7. The molecule has 0 aliphatic carbocycles. The summed E-state index contributed by atoms with van der Waals surface area (Å²) in [6.45, 7) is 3.38. The van der Waals surface area contributed by atoms with Gasteiger partial charge in [0.15, 0.2) is 5.82 Å². The normalized spacial score (nSPS) is 21.3. The van der Waals surface area contributed by atoms with E-state index < -0.39 is 6.10 Å². The third-order valence-corrected chi connectivity index (χ3v) is 4.08. The molecule has 0 amide bonds. The Morgan fingerprint density at radius 2 is 2.14 bits per heavy atom. The fourth-order valence-electron chi connectivity index (χ4n) is 3.02. The molecule has 1 aliphatic rings. The van der Waals surface area contributed by atoms with Crippen LogP contribution in [0.2, 0.25) is 0 Å². The van der Waals surface area contributed by atoms with E-state index in [9.17, 15) is 5.11 Å². The Morgan fingerprint density at radius 1 is 1.33 bits per heavy atom. The summed E-state index contributed by atoms with van der Waals surface area (Å²) < 4.78 is 5.22. The van der Waals surface area contributed by atoms with Crippen molar-refractivity contribution in [3.05, 3.63) is 47.6 Å². The molecule has 2 heterocycles. The average Bonchev–Trinajstić information content (AvgIpc) is 2.93. The van der Waals surface area contributed by atoms with E-state index in [2.05, 4.69) is 15.0 Å². The number of aromatic nitrogens is 2. The zero-order valence-corrected chi connectivity index (χ0v) is 12.3. The number of rotatable bonds is 4. The van der Waals surface area contributed by atoms with Crippen molar-refractivity contribution in [2.45, 2.75) is 44.9 Å². The van der Waals surface area contributed by atoms with Crippen LogP contribution in [0.1, 0.15) is 42.6 Å². The Bertz CT molecular complexity index is 570. The molecule has 0 bridgehead atoms. The van der Waals surface area contributed by atoms with Crippen LogP contribution in [0.15, 0.2) is 34.9 Å². The summed E-state index contributed by atoms with van der Waals surface area (Å²) in [6, 6.07) is 9.96. The summed E-state index contributed by atoms with van der Waals surface area (Å²) in [7, 11) is 0. The van der Waals surface area contributed by atoms with E-state index in [-0.39, 0.29) is 6.04 Å². The highest BCUT2D eigenvalue weighted by Gasteiger charge is 2.30. The molecule has 2 aromatic rings. The lowest BCUT2D eigenvalue weighted by atomic mass is 9.93. The molecule has 1 aromatic carbocycles. The summed E-state index contributed by atoms with van der Waals surface area (Å²) >= 11 is 0. The number of aryl methyl sites for hydroxylation is 1. The number of piperidine rings is 1. The number of hydrogen-bond donors (Lipinski definition) is 1. The molecule has 3 rings (SSSR count). The Hall–Kier alpha value is -1.72. The van der Waals surface area contributed by atoms with Crippen LogP contribution in [0.4, 0.5) is 0 Å². The van der Waals surface area contributed by atoms with Crippen molar-refractivity contribution in [2.75, 3.05) is 6.54 Å². The van der Waals surface area contributed by atoms with E-state index >= 15 is 0 Å². The van der Waals surface area contributed by atoms with Gasteiger partial charge < -0.3 is 9.63 Å². The molecular weight excluding hydrogens is 266 g/mol. The second kappa shape index (κ2) is 6.37. The highest BCUT2D eigenvalue weighted by Crippen LogP contribution is 2.29. The third-order valence-electron chi connectivity index (χ3n) is 4.08. The van der Waals surface area contributed by atoms with Gasteiger partial charge in [0.2, 0.25) is 5.89 Å². The van der Waals surface area contributed by atoms with Gasteiger partial charge in [0, 0.05) is 6.04 Å². The Labute approximate surface area is 124 Å². The van der Waals surface area contributed by atoms with Crippen molar-refractivity contribution in [2.24, 2.45) is 0 Å². The predicted octanol–water partition coefficient (Wildman–Crippen LogP) is 2.47. The fraction of sp³-hybridized carbons (Fsp3) is 0.500. The van der Waals surface area contributed by atoms with Gasteiger partial charge in [-0.05, 0) is 31.9 Å². The van der Waals surface area contributed by atoms with Crippen LogP contribution in [0.3, 0.4) is 0 Å². The number of aliphatic hydroxyl groups excluding tert-OH is 1. The minimum atomic E-state index is -0.476. The molecule has 0 spiro atoms. The molecule has 0 radical (unpaired) electrons. The lowest BCUT2D eigenvalue weighted by Gasteiger charge is -2.37. The maximum Gasteiger partial charge on any atom is 0.240 e. The van der Waals surface area contributed by atoms with Gasteiger partial charge in [-0.15, -0.1) is 0 Å². The van der Waals surface area contributed by atoms with Crippen molar-refractivity contribution in [1.29, 1.82) is 0 Å². The van der Waals surface area contributed by atoms with Crippen molar-refractivity contribution < 1.29 is 9.63 Å². The van der Waals surface area contributed by atoms with E-state index in [0.717, 1.165) is 31.4 Å². The molecule has 1 saturated heterocycles. The second-order valence-corrected chi connectivity index (χ2v) is 5.62. The summed E-state index contributed by atoms with van der Waals surface area (Å²) in [5.74, 6) is 1.28. The topological polar surface area (TPSA) is 62.4 Å². The fourth-order valence-corrected chi connectivity index (χ4v) is 3.02. The first kappa shape index (κ1) is 14.2. The van der Waals surface area contributed by atoms with E-state index in [1.54, 1.807) is 0 Å². The third kappa shape index (κ3) is 3.31. The van der Waals surface area contributed by atoms with E-state index in [1.807, 2.05) is 37.3 Å². The molecule has 5 heteroatoms. The monoisotopic (exact) mass is 287 g/mol. The lowest BCUT2D eigenvalue weighted by Crippen LogP contribution is -2.42.